The molecule has 1 aliphatic rings. The highest BCUT2D eigenvalue weighted by atomic mass is 16.5. The van der Waals surface area contributed by atoms with Crippen molar-refractivity contribution in [2.75, 3.05) is 13.7 Å². The van der Waals surface area contributed by atoms with Gasteiger partial charge in [-0.15, -0.1) is 0 Å². The number of carbonyl (C=O) groups excluding carboxylic acids is 2. The summed E-state index contributed by atoms with van der Waals surface area (Å²) in [5.74, 6) is -1.13. The van der Waals surface area contributed by atoms with Crippen molar-refractivity contribution in [3.63, 3.8) is 0 Å². The van der Waals surface area contributed by atoms with Crippen LogP contribution in [0.2, 0.25) is 0 Å². The lowest BCUT2D eigenvalue weighted by Gasteiger charge is -2.59. The van der Waals surface area contributed by atoms with Gasteiger partial charge in [0.05, 0.1) is 18.6 Å². The molecule has 0 aliphatic heterocycles. The lowest BCUT2D eigenvalue weighted by atomic mass is 9.56. The monoisotopic (exact) mass is 287 g/mol. The van der Waals surface area contributed by atoms with Gasteiger partial charge in [0, 0.05) is 18.6 Å². The van der Waals surface area contributed by atoms with Crippen LogP contribution in [0.4, 0.5) is 0 Å². The average Bonchev–Trinajstić information content (AvgIpc) is 2.37. The largest absolute Gasteiger partial charge is 0.466 e. The Kier molecular flexibility index (Phi) is 5.15. The summed E-state index contributed by atoms with van der Waals surface area (Å²) in [5.41, 5.74) is -0.530. The van der Waals surface area contributed by atoms with E-state index in [2.05, 4.69) is 5.32 Å². The molecule has 1 saturated carbocycles. The zero-order valence-corrected chi connectivity index (χ0v) is 12.9. The first kappa shape index (κ1) is 16.9. The van der Waals surface area contributed by atoms with E-state index in [9.17, 15) is 14.7 Å². The van der Waals surface area contributed by atoms with Crippen molar-refractivity contribution >= 4 is 11.9 Å². The Morgan fingerprint density at radius 2 is 2.00 bits per heavy atom. The molecule has 0 spiro atoms. The zero-order valence-electron chi connectivity index (χ0n) is 12.9. The van der Waals surface area contributed by atoms with Crippen molar-refractivity contribution in [2.45, 2.75) is 58.3 Å². The molecule has 6 heteroatoms. The number of amides is 1. The fourth-order valence-corrected chi connectivity index (χ4v) is 2.46. The molecule has 1 rings (SSSR count). The molecule has 0 aromatic carbocycles. The van der Waals surface area contributed by atoms with Gasteiger partial charge in [-0.2, -0.15) is 0 Å². The third-order valence-electron chi connectivity index (χ3n) is 4.56. The van der Waals surface area contributed by atoms with Gasteiger partial charge < -0.3 is 19.9 Å². The maximum atomic E-state index is 11.9. The molecule has 0 heterocycles. The summed E-state index contributed by atoms with van der Waals surface area (Å²) in [6.07, 6.45) is -1.03. The van der Waals surface area contributed by atoms with E-state index in [1.807, 2.05) is 20.8 Å². The first-order valence-electron chi connectivity index (χ1n) is 6.87. The summed E-state index contributed by atoms with van der Waals surface area (Å²) in [6, 6.07) is -0.0863. The molecule has 0 saturated heterocycles. The Balaban J connectivity index is 2.50. The first-order chi connectivity index (χ1) is 9.17. The van der Waals surface area contributed by atoms with Crippen LogP contribution in [0.5, 0.6) is 0 Å². The van der Waals surface area contributed by atoms with E-state index < -0.39 is 18.0 Å². The summed E-state index contributed by atoms with van der Waals surface area (Å²) in [7, 11) is 1.65. The summed E-state index contributed by atoms with van der Waals surface area (Å²) in [4.78, 5) is 23.1. The second kappa shape index (κ2) is 6.10. The maximum absolute atomic E-state index is 11.9. The Morgan fingerprint density at radius 3 is 2.45 bits per heavy atom. The molecule has 1 fully saturated rings. The van der Waals surface area contributed by atoms with Crippen LogP contribution in [0.1, 0.15) is 40.5 Å². The van der Waals surface area contributed by atoms with Crippen LogP contribution < -0.4 is 5.32 Å². The van der Waals surface area contributed by atoms with Crippen molar-refractivity contribution in [2.24, 2.45) is 5.41 Å². The molecule has 3 atom stereocenters. The number of methoxy groups -OCH3 is 1. The Hall–Kier alpha value is -1.14. The van der Waals surface area contributed by atoms with Gasteiger partial charge in [-0.05, 0) is 20.3 Å². The second-order valence-corrected chi connectivity index (χ2v) is 5.95. The molecule has 6 nitrogen and oxygen atoms in total. The average molecular weight is 287 g/mol. The third-order valence-corrected chi connectivity index (χ3v) is 4.56. The van der Waals surface area contributed by atoms with E-state index >= 15 is 0 Å². The number of esters is 1. The smallest absolute Gasteiger partial charge is 0.308 e. The molecule has 0 aromatic rings. The minimum Gasteiger partial charge on any atom is -0.466 e. The number of ether oxygens (including phenoxy) is 2. The van der Waals surface area contributed by atoms with Crippen LogP contribution in [-0.4, -0.2) is 48.4 Å². The summed E-state index contributed by atoms with van der Waals surface area (Å²) >= 11 is 0. The SMILES string of the molecule is CCOC(=O)C[C@H](O)C(=O)N[C@@H]1C[C@](C)(OC)C1(C)C. The van der Waals surface area contributed by atoms with Crippen LogP contribution >= 0.6 is 0 Å². The number of hydrogen-bond donors (Lipinski definition) is 2. The quantitative estimate of drug-likeness (QED) is 0.700. The molecule has 116 valence electrons. The third kappa shape index (κ3) is 3.12. The van der Waals surface area contributed by atoms with Gasteiger partial charge in [0.1, 0.15) is 6.10 Å². The minimum atomic E-state index is -1.38. The summed E-state index contributed by atoms with van der Waals surface area (Å²) in [5, 5.41) is 12.5. The Morgan fingerprint density at radius 1 is 1.40 bits per heavy atom. The van der Waals surface area contributed by atoms with Gasteiger partial charge in [0.15, 0.2) is 0 Å². The number of aliphatic hydroxyl groups is 1. The fourth-order valence-electron chi connectivity index (χ4n) is 2.46. The van der Waals surface area contributed by atoms with Crippen LogP contribution in [-0.2, 0) is 19.1 Å². The first-order valence-corrected chi connectivity index (χ1v) is 6.87. The number of carbonyl (C=O) groups is 2. The van der Waals surface area contributed by atoms with Crippen molar-refractivity contribution in [1.82, 2.24) is 5.32 Å². The highest BCUT2D eigenvalue weighted by molar-refractivity contribution is 5.85. The van der Waals surface area contributed by atoms with E-state index in [1.54, 1.807) is 14.0 Å². The zero-order chi connectivity index (χ0) is 15.6. The van der Waals surface area contributed by atoms with E-state index in [0.717, 1.165) is 0 Å². The molecule has 20 heavy (non-hydrogen) atoms. The van der Waals surface area contributed by atoms with Crippen LogP contribution in [0.15, 0.2) is 0 Å². The van der Waals surface area contributed by atoms with E-state index in [4.69, 9.17) is 9.47 Å². The van der Waals surface area contributed by atoms with Gasteiger partial charge in [0.25, 0.3) is 0 Å². The Bertz CT molecular complexity index is 382. The van der Waals surface area contributed by atoms with Gasteiger partial charge in [-0.1, -0.05) is 13.8 Å². The lowest BCUT2D eigenvalue weighted by molar-refractivity contribution is -0.184. The maximum Gasteiger partial charge on any atom is 0.308 e. The van der Waals surface area contributed by atoms with Crippen LogP contribution in [0.3, 0.4) is 0 Å². The van der Waals surface area contributed by atoms with Crippen molar-refractivity contribution in [3.8, 4) is 0 Å². The van der Waals surface area contributed by atoms with Crippen LogP contribution in [0, 0.1) is 5.41 Å². The van der Waals surface area contributed by atoms with E-state index in [1.165, 1.54) is 0 Å². The van der Waals surface area contributed by atoms with Crippen molar-refractivity contribution in [3.05, 3.63) is 0 Å². The standard InChI is InChI=1S/C14H25NO5/c1-6-20-11(17)7-9(16)12(18)15-10-8-14(4,19-5)13(10,2)3/h9-10,16H,6-8H2,1-5H3,(H,15,18)/t9-,10+,14-/m0/s1. The highest BCUT2D eigenvalue weighted by Crippen LogP contribution is 2.51. The fraction of sp³-hybridized carbons (Fsp3) is 0.857. The second-order valence-electron chi connectivity index (χ2n) is 5.95. The van der Waals surface area contributed by atoms with Crippen LogP contribution in [0.25, 0.3) is 0 Å². The number of nitrogens with one attached hydrogen (secondary N) is 1. The predicted molar refractivity (Wildman–Crippen MR) is 73.0 cm³/mol. The van der Waals surface area contributed by atoms with Gasteiger partial charge in [-0.3, -0.25) is 9.59 Å². The molecule has 1 aliphatic carbocycles. The number of rotatable bonds is 6. The molecular formula is C14H25NO5. The topological polar surface area (TPSA) is 84.9 Å². The molecular weight excluding hydrogens is 262 g/mol. The van der Waals surface area contributed by atoms with E-state index in [0.29, 0.717) is 6.42 Å². The van der Waals surface area contributed by atoms with Crippen molar-refractivity contribution < 1.29 is 24.2 Å². The molecule has 0 aromatic heterocycles. The molecule has 2 N–H and O–H groups in total. The van der Waals surface area contributed by atoms with Crippen molar-refractivity contribution in [1.29, 1.82) is 0 Å². The summed E-state index contributed by atoms with van der Waals surface area (Å²) < 4.78 is 10.2. The molecule has 1 amide bonds. The normalized spacial score (nSPS) is 29.2. The van der Waals surface area contributed by atoms with E-state index in [-0.39, 0.29) is 30.1 Å². The molecule has 0 radical (unpaired) electrons. The van der Waals surface area contributed by atoms with Gasteiger partial charge in [-0.25, -0.2) is 0 Å². The number of aliphatic hydroxyl groups excluding tert-OH is 1. The molecule has 0 unspecified atom stereocenters. The predicted octanol–water partition coefficient (Wildman–Crippen LogP) is 0.620. The lowest BCUT2D eigenvalue weighted by Crippen LogP contribution is -2.69. The Labute approximate surface area is 119 Å². The van der Waals surface area contributed by atoms with Gasteiger partial charge in [0.2, 0.25) is 5.91 Å². The highest BCUT2D eigenvalue weighted by Gasteiger charge is 2.58. The molecule has 0 bridgehead atoms. The van der Waals surface area contributed by atoms with Gasteiger partial charge >= 0.3 is 5.97 Å². The number of hydrogen-bond acceptors (Lipinski definition) is 5. The minimum absolute atomic E-state index is 0.0863. The summed E-state index contributed by atoms with van der Waals surface area (Å²) in [6.45, 7) is 7.90.